The Morgan fingerprint density at radius 2 is 2.00 bits per heavy atom. The first-order chi connectivity index (χ1) is 8.68. The highest BCUT2D eigenvalue weighted by atomic mass is 16.1. The highest BCUT2D eigenvalue weighted by molar-refractivity contribution is 5.76. The van der Waals surface area contributed by atoms with E-state index >= 15 is 0 Å². The van der Waals surface area contributed by atoms with Crippen LogP contribution in [0.25, 0.3) is 0 Å². The summed E-state index contributed by atoms with van der Waals surface area (Å²) >= 11 is 0. The van der Waals surface area contributed by atoms with E-state index in [0.717, 1.165) is 26.1 Å². The van der Waals surface area contributed by atoms with Gasteiger partial charge in [0.1, 0.15) is 0 Å². The molecule has 0 aromatic carbocycles. The zero-order valence-corrected chi connectivity index (χ0v) is 11.3. The Balaban J connectivity index is 2.00. The molecule has 0 fully saturated rings. The van der Waals surface area contributed by atoms with Gasteiger partial charge in [-0.3, -0.25) is 9.78 Å². The molecule has 0 saturated carbocycles. The molecule has 100 valence electrons. The quantitative estimate of drug-likeness (QED) is 0.684. The second-order valence-electron chi connectivity index (χ2n) is 4.80. The summed E-state index contributed by atoms with van der Waals surface area (Å²) in [5, 5.41) is 6.17. The van der Waals surface area contributed by atoms with Crippen LogP contribution < -0.4 is 10.6 Å². The SMILES string of the molecule is CC(C)CNC(=O)CCNCCc1ccncc1. The monoisotopic (exact) mass is 249 g/mol. The highest BCUT2D eigenvalue weighted by Gasteiger charge is 2.01. The zero-order valence-electron chi connectivity index (χ0n) is 11.3. The number of carbonyl (C=O) groups excluding carboxylic acids is 1. The molecule has 0 spiro atoms. The van der Waals surface area contributed by atoms with Crippen molar-refractivity contribution in [3.05, 3.63) is 30.1 Å². The van der Waals surface area contributed by atoms with Crippen molar-refractivity contribution < 1.29 is 4.79 Å². The number of nitrogens with zero attached hydrogens (tertiary/aromatic N) is 1. The van der Waals surface area contributed by atoms with Crippen molar-refractivity contribution >= 4 is 5.91 Å². The summed E-state index contributed by atoms with van der Waals surface area (Å²) < 4.78 is 0. The molecule has 0 aliphatic carbocycles. The first-order valence-electron chi connectivity index (χ1n) is 6.55. The van der Waals surface area contributed by atoms with Crippen molar-refractivity contribution in [1.29, 1.82) is 0 Å². The Hall–Kier alpha value is -1.42. The van der Waals surface area contributed by atoms with E-state index in [1.807, 2.05) is 12.1 Å². The zero-order chi connectivity index (χ0) is 13.2. The molecule has 0 aliphatic heterocycles. The summed E-state index contributed by atoms with van der Waals surface area (Å²) in [6, 6.07) is 4.02. The second-order valence-corrected chi connectivity index (χ2v) is 4.80. The van der Waals surface area contributed by atoms with Crippen molar-refractivity contribution in [3.63, 3.8) is 0 Å². The molecule has 4 nitrogen and oxygen atoms in total. The number of nitrogens with one attached hydrogen (secondary N) is 2. The lowest BCUT2D eigenvalue weighted by Crippen LogP contribution is -2.30. The third kappa shape index (κ3) is 7.01. The highest BCUT2D eigenvalue weighted by Crippen LogP contribution is 1.95. The largest absolute Gasteiger partial charge is 0.356 e. The number of carbonyl (C=O) groups is 1. The van der Waals surface area contributed by atoms with E-state index in [1.165, 1.54) is 5.56 Å². The predicted molar refractivity (Wildman–Crippen MR) is 73.3 cm³/mol. The maximum Gasteiger partial charge on any atom is 0.221 e. The molecule has 0 unspecified atom stereocenters. The van der Waals surface area contributed by atoms with Gasteiger partial charge >= 0.3 is 0 Å². The number of pyridine rings is 1. The van der Waals surface area contributed by atoms with Crippen LogP contribution in [0.2, 0.25) is 0 Å². The summed E-state index contributed by atoms with van der Waals surface area (Å²) in [5.74, 6) is 0.633. The van der Waals surface area contributed by atoms with Gasteiger partial charge in [-0.15, -0.1) is 0 Å². The summed E-state index contributed by atoms with van der Waals surface area (Å²) in [4.78, 5) is 15.4. The van der Waals surface area contributed by atoms with Gasteiger partial charge in [0.05, 0.1) is 0 Å². The molecular weight excluding hydrogens is 226 g/mol. The van der Waals surface area contributed by atoms with Crippen LogP contribution in [0, 0.1) is 5.92 Å². The normalized spacial score (nSPS) is 10.6. The van der Waals surface area contributed by atoms with Gasteiger partial charge in [-0.2, -0.15) is 0 Å². The van der Waals surface area contributed by atoms with E-state index in [2.05, 4.69) is 29.5 Å². The van der Waals surface area contributed by atoms with Gasteiger partial charge in [0.15, 0.2) is 0 Å². The number of hydrogen-bond donors (Lipinski definition) is 2. The van der Waals surface area contributed by atoms with Crippen LogP contribution in [-0.2, 0) is 11.2 Å². The predicted octanol–water partition coefficient (Wildman–Crippen LogP) is 1.38. The number of rotatable bonds is 8. The van der Waals surface area contributed by atoms with Crippen LogP contribution in [0.4, 0.5) is 0 Å². The summed E-state index contributed by atoms with van der Waals surface area (Å²) in [6.07, 6.45) is 5.11. The molecule has 4 heteroatoms. The maximum absolute atomic E-state index is 11.4. The van der Waals surface area contributed by atoms with Gasteiger partial charge in [-0.05, 0) is 36.6 Å². The van der Waals surface area contributed by atoms with Gasteiger partial charge < -0.3 is 10.6 Å². The lowest BCUT2D eigenvalue weighted by molar-refractivity contribution is -0.121. The van der Waals surface area contributed by atoms with Crippen molar-refractivity contribution in [2.24, 2.45) is 5.92 Å². The molecule has 0 aliphatic rings. The smallest absolute Gasteiger partial charge is 0.221 e. The molecule has 0 atom stereocenters. The second kappa shape index (κ2) is 8.64. The Bertz CT molecular complexity index is 338. The van der Waals surface area contributed by atoms with E-state index in [4.69, 9.17) is 0 Å². The summed E-state index contributed by atoms with van der Waals surface area (Å²) in [7, 11) is 0. The molecule has 1 aromatic rings. The topological polar surface area (TPSA) is 54.0 Å². The average molecular weight is 249 g/mol. The Morgan fingerprint density at radius 3 is 2.67 bits per heavy atom. The molecule has 0 bridgehead atoms. The fourth-order valence-electron chi connectivity index (χ4n) is 1.52. The Morgan fingerprint density at radius 1 is 1.28 bits per heavy atom. The first-order valence-corrected chi connectivity index (χ1v) is 6.55. The molecule has 1 aromatic heterocycles. The van der Waals surface area contributed by atoms with Gasteiger partial charge in [-0.25, -0.2) is 0 Å². The fourth-order valence-corrected chi connectivity index (χ4v) is 1.52. The number of aromatic nitrogens is 1. The van der Waals surface area contributed by atoms with Crippen molar-refractivity contribution in [1.82, 2.24) is 15.6 Å². The molecule has 0 radical (unpaired) electrons. The van der Waals surface area contributed by atoms with Gasteiger partial charge in [0, 0.05) is 31.9 Å². The maximum atomic E-state index is 11.4. The van der Waals surface area contributed by atoms with E-state index in [0.29, 0.717) is 12.3 Å². The molecular formula is C14H23N3O. The molecule has 2 N–H and O–H groups in total. The average Bonchev–Trinajstić information content (AvgIpc) is 2.37. The summed E-state index contributed by atoms with van der Waals surface area (Å²) in [6.45, 7) is 6.56. The third-order valence-corrected chi connectivity index (χ3v) is 2.58. The number of amides is 1. The van der Waals surface area contributed by atoms with Crippen LogP contribution in [0.1, 0.15) is 25.8 Å². The fraction of sp³-hybridized carbons (Fsp3) is 0.571. The van der Waals surface area contributed by atoms with E-state index in [9.17, 15) is 4.79 Å². The van der Waals surface area contributed by atoms with Crippen molar-refractivity contribution in [2.75, 3.05) is 19.6 Å². The Labute approximate surface area is 109 Å². The van der Waals surface area contributed by atoms with Gasteiger partial charge in [-0.1, -0.05) is 13.8 Å². The van der Waals surface area contributed by atoms with Crippen LogP contribution in [-0.4, -0.2) is 30.5 Å². The number of hydrogen-bond acceptors (Lipinski definition) is 3. The van der Waals surface area contributed by atoms with Crippen LogP contribution in [0.15, 0.2) is 24.5 Å². The van der Waals surface area contributed by atoms with Gasteiger partial charge in [0.2, 0.25) is 5.91 Å². The van der Waals surface area contributed by atoms with Crippen LogP contribution in [0.3, 0.4) is 0 Å². The minimum Gasteiger partial charge on any atom is -0.356 e. The lowest BCUT2D eigenvalue weighted by atomic mass is 10.2. The molecule has 18 heavy (non-hydrogen) atoms. The molecule has 1 rings (SSSR count). The molecule has 1 amide bonds. The van der Waals surface area contributed by atoms with Crippen molar-refractivity contribution in [2.45, 2.75) is 26.7 Å². The standard InChI is InChI=1S/C14H23N3O/c1-12(2)11-17-14(18)6-10-16-9-5-13-3-7-15-8-4-13/h3-4,7-8,12,16H,5-6,9-11H2,1-2H3,(H,17,18). The summed E-state index contributed by atoms with van der Waals surface area (Å²) in [5.41, 5.74) is 1.27. The minimum atomic E-state index is 0.125. The van der Waals surface area contributed by atoms with Gasteiger partial charge in [0.25, 0.3) is 0 Å². The van der Waals surface area contributed by atoms with Crippen LogP contribution in [0.5, 0.6) is 0 Å². The van der Waals surface area contributed by atoms with Crippen LogP contribution >= 0.6 is 0 Å². The third-order valence-electron chi connectivity index (χ3n) is 2.58. The molecule has 0 saturated heterocycles. The van der Waals surface area contributed by atoms with E-state index in [1.54, 1.807) is 12.4 Å². The lowest BCUT2D eigenvalue weighted by Gasteiger charge is -2.08. The Kier molecular flexibility index (Phi) is 7.03. The van der Waals surface area contributed by atoms with E-state index < -0.39 is 0 Å². The minimum absolute atomic E-state index is 0.125. The first kappa shape index (κ1) is 14.6. The molecule has 1 heterocycles. The van der Waals surface area contributed by atoms with Crippen molar-refractivity contribution in [3.8, 4) is 0 Å². The van der Waals surface area contributed by atoms with E-state index in [-0.39, 0.29) is 5.91 Å².